The van der Waals surface area contributed by atoms with Crippen LogP contribution in [0.15, 0.2) is 53.8 Å². The van der Waals surface area contributed by atoms with Gasteiger partial charge in [-0.05, 0) is 36.7 Å². The molecule has 0 bridgehead atoms. The van der Waals surface area contributed by atoms with E-state index < -0.39 is 24.1 Å². The zero-order valence-electron chi connectivity index (χ0n) is 23.8. The van der Waals surface area contributed by atoms with E-state index in [0.717, 1.165) is 17.0 Å². The van der Waals surface area contributed by atoms with E-state index in [1.54, 1.807) is 33.8 Å². The van der Waals surface area contributed by atoms with Gasteiger partial charge < -0.3 is 9.57 Å². The number of rotatable bonds is 10. The molecule has 1 aromatic carbocycles. The number of fused-ring (bicyclic) bond motifs is 1. The molecule has 1 fully saturated rings. The van der Waals surface area contributed by atoms with Gasteiger partial charge >= 0.3 is 0 Å². The third-order valence-electron chi connectivity index (χ3n) is 7.03. The second-order valence-corrected chi connectivity index (χ2v) is 18.9. The van der Waals surface area contributed by atoms with Gasteiger partial charge in [-0.3, -0.25) is 4.68 Å². The molecule has 1 aliphatic heterocycles. The topological polar surface area (TPSA) is 128 Å². The Hall–Kier alpha value is -3.57. The summed E-state index contributed by atoms with van der Waals surface area (Å²) >= 11 is 0. The molecule has 1 atom stereocenters. The van der Waals surface area contributed by atoms with Crippen molar-refractivity contribution in [2.45, 2.75) is 50.0 Å². The number of hydrogen-bond acceptors (Lipinski definition) is 8. The molecular weight excluding hydrogens is 559 g/mol. The Labute approximate surface area is 241 Å². The highest BCUT2D eigenvalue weighted by Gasteiger charge is 2.27. The van der Waals surface area contributed by atoms with E-state index in [-0.39, 0.29) is 11.3 Å². The second-order valence-electron chi connectivity index (χ2n) is 11.3. The van der Waals surface area contributed by atoms with E-state index in [2.05, 4.69) is 35.8 Å². The number of ether oxygens (including phenoxy) is 1. The van der Waals surface area contributed by atoms with Gasteiger partial charge in [0.2, 0.25) is 10.0 Å². The first-order valence-electron chi connectivity index (χ1n) is 13.7. The molecule has 4 aromatic rings. The van der Waals surface area contributed by atoms with Crippen LogP contribution >= 0.6 is 0 Å². The summed E-state index contributed by atoms with van der Waals surface area (Å²) in [4.78, 5) is 15.6. The Kier molecular flexibility index (Phi) is 8.28. The number of hydrogen-bond donors (Lipinski definition) is 0. The molecular formula is C28H35N7O4SSi. The summed E-state index contributed by atoms with van der Waals surface area (Å²) < 4.78 is 36.7. The summed E-state index contributed by atoms with van der Waals surface area (Å²) in [5, 5.41) is 15.1. The standard InChI is InChI=1S/C28H35N7O4SSi/c1-21-31-27(25-9-11-35(28(25)32-21)39-16-17-41(2,3)4)23-19-30-34(20-23)26(8-10-29)22-6-5-7-24(18-22)40(36,37)33-12-14-38-15-13-33/h5-7,9,11,18-20,26H,8,12-17H2,1-4H3. The number of nitrogens with zero attached hydrogens (tertiary/aromatic N) is 7. The SMILES string of the molecule is Cc1nc(-c2cnn(C(CC#N)c3cccc(S(=O)(=O)N4CCOCC4)c3)c2)c2ccn(OCC[Si](C)(C)C)c2n1. The maximum absolute atomic E-state index is 13.3. The van der Waals surface area contributed by atoms with Crippen LogP contribution in [0.3, 0.4) is 0 Å². The maximum Gasteiger partial charge on any atom is 0.243 e. The van der Waals surface area contributed by atoms with E-state index in [1.807, 2.05) is 31.5 Å². The highest BCUT2D eigenvalue weighted by atomic mass is 32.2. The number of nitriles is 1. The Morgan fingerprint density at radius 3 is 2.68 bits per heavy atom. The summed E-state index contributed by atoms with van der Waals surface area (Å²) in [7, 11) is -4.93. The van der Waals surface area contributed by atoms with E-state index in [9.17, 15) is 13.7 Å². The Bertz CT molecular complexity index is 1680. The van der Waals surface area contributed by atoms with Gasteiger partial charge in [0.25, 0.3) is 0 Å². The summed E-state index contributed by atoms with van der Waals surface area (Å²) in [6.45, 7) is 10.8. The van der Waals surface area contributed by atoms with Crippen LogP contribution in [0.2, 0.25) is 25.7 Å². The molecule has 5 rings (SSSR count). The highest BCUT2D eigenvalue weighted by molar-refractivity contribution is 7.89. The summed E-state index contributed by atoms with van der Waals surface area (Å²) in [5.74, 6) is 0.601. The minimum Gasteiger partial charge on any atom is -0.413 e. The lowest BCUT2D eigenvalue weighted by Gasteiger charge is -2.26. The molecule has 11 nitrogen and oxygen atoms in total. The molecule has 1 unspecified atom stereocenters. The molecule has 4 heterocycles. The van der Waals surface area contributed by atoms with E-state index in [4.69, 9.17) is 14.6 Å². The fourth-order valence-electron chi connectivity index (χ4n) is 4.77. The van der Waals surface area contributed by atoms with Crippen molar-refractivity contribution in [1.82, 2.24) is 28.8 Å². The summed E-state index contributed by atoms with van der Waals surface area (Å²) in [6.07, 6.45) is 5.52. The largest absolute Gasteiger partial charge is 0.413 e. The van der Waals surface area contributed by atoms with Gasteiger partial charge in [0.15, 0.2) is 5.65 Å². The molecule has 216 valence electrons. The quantitative estimate of drug-likeness (QED) is 0.253. The number of aryl methyl sites for hydroxylation is 1. The molecule has 0 saturated carbocycles. The molecule has 41 heavy (non-hydrogen) atoms. The average Bonchev–Trinajstić information content (AvgIpc) is 3.59. The van der Waals surface area contributed by atoms with Crippen molar-refractivity contribution in [2.24, 2.45) is 0 Å². The van der Waals surface area contributed by atoms with Crippen LogP contribution in [0, 0.1) is 18.3 Å². The third kappa shape index (κ3) is 6.35. The van der Waals surface area contributed by atoms with Crippen LogP contribution in [0.4, 0.5) is 0 Å². The molecule has 13 heteroatoms. The van der Waals surface area contributed by atoms with Gasteiger partial charge in [-0.15, -0.1) is 0 Å². The first-order chi connectivity index (χ1) is 19.6. The number of sulfonamides is 1. The smallest absolute Gasteiger partial charge is 0.243 e. The van der Waals surface area contributed by atoms with Crippen molar-refractivity contribution >= 4 is 29.1 Å². The lowest BCUT2D eigenvalue weighted by Crippen LogP contribution is -2.40. The molecule has 0 N–H and O–H groups in total. The zero-order chi connectivity index (χ0) is 29.2. The first kappa shape index (κ1) is 28.9. The molecule has 1 saturated heterocycles. The number of benzene rings is 1. The molecule has 3 aromatic heterocycles. The van der Waals surface area contributed by atoms with Gasteiger partial charge in [-0.2, -0.15) is 19.4 Å². The van der Waals surface area contributed by atoms with Crippen LogP contribution in [0.5, 0.6) is 0 Å². The lowest BCUT2D eigenvalue weighted by atomic mass is 10.0. The molecule has 0 radical (unpaired) electrons. The summed E-state index contributed by atoms with van der Waals surface area (Å²) in [6, 6.07) is 11.5. The predicted molar refractivity (Wildman–Crippen MR) is 157 cm³/mol. The Morgan fingerprint density at radius 2 is 1.95 bits per heavy atom. The van der Waals surface area contributed by atoms with Crippen LogP contribution in [-0.4, -0.2) is 78.2 Å². The van der Waals surface area contributed by atoms with Crippen LogP contribution in [-0.2, 0) is 14.8 Å². The van der Waals surface area contributed by atoms with Crippen molar-refractivity contribution < 1.29 is 18.0 Å². The van der Waals surface area contributed by atoms with Crippen molar-refractivity contribution in [1.29, 1.82) is 5.26 Å². The van der Waals surface area contributed by atoms with Crippen LogP contribution < -0.4 is 4.84 Å². The third-order valence-corrected chi connectivity index (χ3v) is 10.6. The lowest BCUT2D eigenvalue weighted by molar-refractivity contribution is 0.0730. The van der Waals surface area contributed by atoms with Gasteiger partial charge in [0.05, 0.1) is 48.5 Å². The van der Waals surface area contributed by atoms with E-state index in [0.29, 0.717) is 55.6 Å². The first-order valence-corrected chi connectivity index (χ1v) is 18.8. The van der Waals surface area contributed by atoms with Crippen LogP contribution in [0.1, 0.15) is 23.9 Å². The molecule has 1 aliphatic rings. The number of aromatic nitrogens is 5. The minimum atomic E-state index is -3.68. The fourth-order valence-corrected chi connectivity index (χ4v) is 6.94. The molecule has 0 amide bonds. The average molecular weight is 594 g/mol. The maximum atomic E-state index is 13.3. The van der Waals surface area contributed by atoms with Gasteiger partial charge in [-0.1, -0.05) is 31.8 Å². The summed E-state index contributed by atoms with van der Waals surface area (Å²) in [5.41, 5.74) is 2.85. The normalized spacial score (nSPS) is 15.6. The fraction of sp³-hybridized carbons (Fsp3) is 0.429. The molecule has 0 spiro atoms. The van der Waals surface area contributed by atoms with Crippen molar-refractivity contribution in [3.8, 4) is 17.3 Å². The number of morpholine rings is 1. The minimum absolute atomic E-state index is 0.113. The Balaban J connectivity index is 1.45. The van der Waals surface area contributed by atoms with Crippen molar-refractivity contribution in [3.05, 3.63) is 60.3 Å². The zero-order valence-corrected chi connectivity index (χ0v) is 25.6. The monoisotopic (exact) mass is 593 g/mol. The van der Waals surface area contributed by atoms with Gasteiger partial charge in [0, 0.05) is 44.5 Å². The van der Waals surface area contributed by atoms with Gasteiger partial charge in [-0.25, -0.2) is 18.4 Å². The second kappa shape index (κ2) is 11.7. The Morgan fingerprint density at radius 1 is 1.17 bits per heavy atom. The highest BCUT2D eigenvalue weighted by Crippen LogP contribution is 2.30. The molecule has 0 aliphatic carbocycles. The van der Waals surface area contributed by atoms with Crippen molar-refractivity contribution in [3.63, 3.8) is 0 Å². The van der Waals surface area contributed by atoms with Crippen LogP contribution in [0.25, 0.3) is 22.3 Å². The van der Waals surface area contributed by atoms with E-state index >= 15 is 0 Å². The van der Waals surface area contributed by atoms with Crippen molar-refractivity contribution in [2.75, 3.05) is 32.9 Å². The van der Waals surface area contributed by atoms with E-state index in [1.165, 1.54) is 4.31 Å². The predicted octanol–water partition coefficient (Wildman–Crippen LogP) is 3.89. The van der Waals surface area contributed by atoms with Gasteiger partial charge in [0.1, 0.15) is 12.4 Å².